The van der Waals surface area contributed by atoms with Gasteiger partial charge in [0.05, 0.1) is 16.8 Å². The molecule has 0 spiro atoms. The summed E-state index contributed by atoms with van der Waals surface area (Å²) >= 11 is 1.31. The van der Waals surface area contributed by atoms with Gasteiger partial charge in [0.15, 0.2) is 0 Å². The molecule has 0 fully saturated rings. The first-order chi connectivity index (χ1) is 13.3. The predicted molar refractivity (Wildman–Crippen MR) is 111 cm³/mol. The molecule has 0 saturated heterocycles. The number of hydrogen-bond acceptors (Lipinski definition) is 5. The summed E-state index contributed by atoms with van der Waals surface area (Å²) in [6, 6.07) is 5.75. The van der Waals surface area contributed by atoms with E-state index in [1.165, 1.54) is 16.7 Å². The lowest BCUT2D eigenvalue weighted by Gasteiger charge is -2.29. The molecule has 2 aromatic rings. The van der Waals surface area contributed by atoms with Gasteiger partial charge in [-0.2, -0.15) is 5.10 Å². The zero-order chi connectivity index (χ0) is 20.4. The van der Waals surface area contributed by atoms with Crippen molar-refractivity contribution in [1.29, 1.82) is 0 Å². The third-order valence-corrected chi connectivity index (χ3v) is 5.49. The largest absolute Gasteiger partial charge is 0.324 e. The van der Waals surface area contributed by atoms with Crippen molar-refractivity contribution < 1.29 is 9.59 Å². The van der Waals surface area contributed by atoms with Crippen LogP contribution < -0.4 is 15.8 Å². The first-order valence-corrected chi connectivity index (χ1v) is 10.2. The number of nitrogens with zero attached hydrogens (tertiary/aromatic N) is 3. The topological polar surface area (TPSA) is 84.3 Å². The number of nitrogens with one attached hydrogen (secondary N) is 1. The van der Waals surface area contributed by atoms with E-state index in [-0.39, 0.29) is 30.0 Å². The Morgan fingerprint density at radius 3 is 2.57 bits per heavy atom. The number of benzene rings is 1. The van der Waals surface area contributed by atoms with E-state index in [4.69, 9.17) is 0 Å². The molecule has 8 heteroatoms. The number of hydrogen-bond donors (Lipinski definition) is 1. The molecule has 148 valence electrons. The van der Waals surface area contributed by atoms with Crippen molar-refractivity contribution in [2.45, 2.75) is 39.1 Å². The number of para-hydroxylation sites is 1. The molecule has 2 amide bonds. The number of carbonyl (C=O) groups excluding carboxylic acids is 2. The first-order valence-electron chi connectivity index (χ1n) is 9.17. The van der Waals surface area contributed by atoms with Gasteiger partial charge in [0.2, 0.25) is 11.8 Å². The number of anilines is 2. The minimum atomic E-state index is -0.421. The number of carbonyl (C=O) groups is 2. The third-order valence-electron chi connectivity index (χ3n) is 4.49. The lowest BCUT2D eigenvalue weighted by atomic mass is 10.1. The highest BCUT2D eigenvalue weighted by Gasteiger charge is 2.29. The fourth-order valence-electron chi connectivity index (χ4n) is 3.16. The standard InChI is InChI=1S/C20H24N4O3S/c1-12(2)9-23-17(26)11-28-15-8-21-24(20(27)19(15)23)10-16(25)22-18-13(3)6-5-7-14(18)4/h5-8,12H,9-11H2,1-4H3,(H,22,25). The van der Waals surface area contributed by atoms with E-state index in [0.29, 0.717) is 17.1 Å². The van der Waals surface area contributed by atoms with Crippen LogP contribution in [0.15, 0.2) is 34.1 Å². The molecule has 1 aliphatic rings. The van der Waals surface area contributed by atoms with Crippen molar-refractivity contribution in [1.82, 2.24) is 9.78 Å². The van der Waals surface area contributed by atoms with E-state index < -0.39 is 5.56 Å². The lowest BCUT2D eigenvalue weighted by molar-refractivity contribution is -0.117. The average Bonchev–Trinajstić information content (AvgIpc) is 2.62. The minimum absolute atomic E-state index is 0.0963. The van der Waals surface area contributed by atoms with Crippen LogP contribution >= 0.6 is 11.8 Å². The molecule has 2 heterocycles. The normalized spacial score (nSPS) is 13.6. The molecule has 0 unspecified atom stereocenters. The van der Waals surface area contributed by atoms with E-state index in [0.717, 1.165) is 21.5 Å². The van der Waals surface area contributed by atoms with Crippen LogP contribution in [0.25, 0.3) is 0 Å². The summed E-state index contributed by atoms with van der Waals surface area (Å²) in [5.74, 6) is 0.0733. The van der Waals surface area contributed by atoms with Crippen LogP contribution in [-0.4, -0.2) is 33.9 Å². The van der Waals surface area contributed by atoms with Crippen LogP contribution in [0.1, 0.15) is 25.0 Å². The Bertz CT molecular complexity index is 964. The molecule has 28 heavy (non-hydrogen) atoms. The van der Waals surface area contributed by atoms with Crippen molar-refractivity contribution >= 4 is 35.0 Å². The third kappa shape index (κ3) is 4.11. The zero-order valence-corrected chi connectivity index (χ0v) is 17.3. The number of rotatable bonds is 5. The fourth-order valence-corrected chi connectivity index (χ4v) is 4.05. The van der Waals surface area contributed by atoms with Crippen LogP contribution in [0.3, 0.4) is 0 Å². The highest BCUT2D eigenvalue weighted by atomic mass is 32.2. The van der Waals surface area contributed by atoms with Crippen molar-refractivity contribution in [3.63, 3.8) is 0 Å². The second kappa shape index (κ2) is 8.18. The Morgan fingerprint density at radius 1 is 1.25 bits per heavy atom. The summed E-state index contributed by atoms with van der Waals surface area (Å²) in [5, 5.41) is 7.00. The molecule has 0 bridgehead atoms. The van der Waals surface area contributed by atoms with Crippen LogP contribution in [0.4, 0.5) is 11.4 Å². The van der Waals surface area contributed by atoms with Gasteiger partial charge < -0.3 is 10.2 Å². The highest BCUT2D eigenvalue weighted by molar-refractivity contribution is 8.00. The molecule has 3 rings (SSSR count). The quantitative estimate of drug-likeness (QED) is 0.834. The molecule has 0 saturated carbocycles. The molecule has 1 aliphatic heterocycles. The van der Waals surface area contributed by atoms with E-state index in [1.807, 2.05) is 45.9 Å². The van der Waals surface area contributed by atoms with Gasteiger partial charge in [0, 0.05) is 12.2 Å². The molecule has 0 aliphatic carbocycles. The number of amides is 2. The summed E-state index contributed by atoms with van der Waals surface area (Å²) in [7, 11) is 0. The average molecular weight is 401 g/mol. The van der Waals surface area contributed by atoms with Gasteiger partial charge >= 0.3 is 0 Å². The van der Waals surface area contributed by atoms with Crippen LogP contribution in [-0.2, 0) is 16.1 Å². The maximum atomic E-state index is 13.0. The second-order valence-electron chi connectivity index (χ2n) is 7.32. The summed E-state index contributed by atoms with van der Waals surface area (Å²) in [6.45, 7) is 8.06. The maximum Gasteiger partial charge on any atom is 0.292 e. The van der Waals surface area contributed by atoms with Gasteiger partial charge in [-0.25, -0.2) is 4.68 Å². The maximum absolute atomic E-state index is 13.0. The molecule has 1 N–H and O–H groups in total. The summed E-state index contributed by atoms with van der Waals surface area (Å²) in [4.78, 5) is 40.1. The van der Waals surface area contributed by atoms with Crippen LogP contribution in [0, 0.1) is 19.8 Å². The van der Waals surface area contributed by atoms with Crippen molar-refractivity contribution in [3.05, 3.63) is 45.9 Å². The van der Waals surface area contributed by atoms with Gasteiger partial charge in [0.25, 0.3) is 5.56 Å². The predicted octanol–water partition coefficient (Wildman–Crippen LogP) is 2.59. The van der Waals surface area contributed by atoms with Gasteiger partial charge in [0.1, 0.15) is 12.2 Å². The molecule has 1 aromatic heterocycles. The molecular formula is C20H24N4O3S. The Hall–Kier alpha value is -2.61. The number of fused-ring (bicyclic) bond motifs is 1. The highest BCUT2D eigenvalue weighted by Crippen LogP contribution is 2.32. The van der Waals surface area contributed by atoms with Gasteiger partial charge in [-0.3, -0.25) is 14.4 Å². The van der Waals surface area contributed by atoms with Gasteiger partial charge in [-0.15, -0.1) is 11.8 Å². The summed E-state index contributed by atoms with van der Waals surface area (Å²) in [6.07, 6.45) is 1.56. The second-order valence-corrected chi connectivity index (χ2v) is 8.34. The monoisotopic (exact) mass is 400 g/mol. The van der Waals surface area contributed by atoms with E-state index >= 15 is 0 Å². The Kier molecular flexibility index (Phi) is 5.88. The number of aryl methyl sites for hydroxylation is 2. The van der Waals surface area contributed by atoms with Gasteiger partial charge in [-0.05, 0) is 30.9 Å². The smallest absolute Gasteiger partial charge is 0.292 e. The molecule has 1 aromatic carbocycles. The van der Waals surface area contributed by atoms with Crippen molar-refractivity contribution in [3.8, 4) is 0 Å². The minimum Gasteiger partial charge on any atom is -0.324 e. The van der Waals surface area contributed by atoms with E-state index in [9.17, 15) is 14.4 Å². The Morgan fingerprint density at radius 2 is 1.93 bits per heavy atom. The fraction of sp³-hybridized carbons (Fsp3) is 0.400. The van der Waals surface area contributed by atoms with Crippen molar-refractivity contribution in [2.24, 2.45) is 5.92 Å². The molecular weight excluding hydrogens is 376 g/mol. The Balaban J connectivity index is 1.88. The molecule has 7 nitrogen and oxygen atoms in total. The molecule has 0 atom stereocenters. The van der Waals surface area contributed by atoms with E-state index in [2.05, 4.69) is 10.4 Å². The molecule has 0 radical (unpaired) electrons. The number of thioether (sulfide) groups is 1. The Labute approximate surface area is 168 Å². The first kappa shape index (κ1) is 20.1. The van der Waals surface area contributed by atoms with Crippen molar-refractivity contribution in [2.75, 3.05) is 22.5 Å². The number of aromatic nitrogens is 2. The van der Waals surface area contributed by atoms with Crippen LogP contribution in [0.5, 0.6) is 0 Å². The van der Waals surface area contributed by atoms with Crippen LogP contribution in [0.2, 0.25) is 0 Å². The summed E-state index contributed by atoms with van der Waals surface area (Å²) < 4.78 is 1.12. The summed E-state index contributed by atoms with van der Waals surface area (Å²) in [5.41, 5.74) is 2.54. The zero-order valence-electron chi connectivity index (χ0n) is 16.5. The SMILES string of the molecule is Cc1cccc(C)c1NC(=O)Cn1ncc2c(c1=O)N(CC(C)C)C(=O)CS2. The lowest BCUT2D eigenvalue weighted by Crippen LogP contribution is -2.44. The van der Waals surface area contributed by atoms with E-state index in [1.54, 1.807) is 6.20 Å². The van der Waals surface area contributed by atoms with Gasteiger partial charge in [-0.1, -0.05) is 32.0 Å².